The van der Waals surface area contributed by atoms with Gasteiger partial charge in [-0.25, -0.2) is 0 Å². The van der Waals surface area contributed by atoms with E-state index in [1.165, 1.54) is 131 Å². The third kappa shape index (κ3) is 6.65. The van der Waals surface area contributed by atoms with Gasteiger partial charge >= 0.3 is 0 Å². The first kappa shape index (κ1) is 45.8. The highest BCUT2D eigenvalue weighted by Gasteiger charge is 2.41. The molecule has 0 spiro atoms. The van der Waals surface area contributed by atoms with E-state index in [-0.39, 0.29) is 5.41 Å². The van der Waals surface area contributed by atoms with E-state index >= 15 is 0 Å². The minimum absolute atomic E-state index is 0.103. The SMILES string of the molecule is CC1(C)c2ccccc2-c2ccc(-c3cccc(-c4c5cc(N6c7ccccc7[Si](C)(C)c7ccccc76)ccc5c(-c5cccc6ccccc56)c5cc(N6c7ccccc7[Si](C)(C)c7ccccc76)ccc45)c3)cc21. The lowest BCUT2D eigenvalue weighted by Gasteiger charge is -2.41. The van der Waals surface area contributed by atoms with Gasteiger partial charge in [0, 0.05) is 39.5 Å². The van der Waals surface area contributed by atoms with Crippen molar-refractivity contribution in [3.63, 3.8) is 0 Å². The van der Waals surface area contributed by atoms with Crippen molar-refractivity contribution in [1.29, 1.82) is 0 Å². The van der Waals surface area contributed by atoms with Crippen LogP contribution >= 0.6 is 0 Å². The second-order valence-electron chi connectivity index (χ2n) is 23.2. The van der Waals surface area contributed by atoms with Crippen molar-refractivity contribution >= 4 is 103 Å². The molecule has 2 nitrogen and oxygen atoms in total. The predicted molar refractivity (Wildman–Crippen MR) is 336 cm³/mol. The van der Waals surface area contributed by atoms with Crippen LogP contribution in [0.3, 0.4) is 0 Å². The summed E-state index contributed by atoms with van der Waals surface area (Å²) in [6.07, 6.45) is 0. The van der Waals surface area contributed by atoms with Crippen molar-refractivity contribution in [2.75, 3.05) is 9.80 Å². The normalized spacial score (nSPS) is 15.1. The number of hydrogen-bond donors (Lipinski definition) is 0. The maximum Gasteiger partial charge on any atom is 0.117 e. The number of anilines is 6. The zero-order chi connectivity index (χ0) is 52.0. The molecule has 2 heterocycles. The van der Waals surface area contributed by atoms with Gasteiger partial charge in [-0.2, -0.15) is 0 Å². The first-order valence-corrected chi connectivity index (χ1v) is 33.3. The van der Waals surface area contributed by atoms with Crippen molar-refractivity contribution in [2.24, 2.45) is 0 Å². The van der Waals surface area contributed by atoms with E-state index in [2.05, 4.69) is 292 Å². The molecule has 1 aliphatic carbocycles. The lowest BCUT2D eigenvalue weighted by Crippen LogP contribution is -2.58. The molecule has 0 bridgehead atoms. The molecule has 0 atom stereocenters. The minimum Gasteiger partial charge on any atom is -0.311 e. The van der Waals surface area contributed by atoms with Gasteiger partial charge in [0.25, 0.3) is 0 Å². The van der Waals surface area contributed by atoms with Crippen LogP contribution in [0, 0.1) is 0 Å². The Balaban J connectivity index is 1.04. The van der Waals surface area contributed by atoms with Crippen LogP contribution in [-0.2, 0) is 5.41 Å². The second-order valence-corrected chi connectivity index (χ2v) is 31.9. The number of nitrogens with zero attached hydrogens (tertiary/aromatic N) is 2. The molecule has 0 fully saturated rings. The Morgan fingerprint density at radius 3 is 1.35 bits per heavy atom. The third-order valence-electron chi connectivity index (χ3n) is 18.0. The fraction of sp³-hybridized carbons (Fsp3) is 0.0959. The van der Waals surface area contributed by atoms with Crippen molar-refractivity contribution in [1.82, 2.24) is 0 Å². The monoisotopic (exact) mass is 1020 g/mol. The Morgan fingerprint density at radius 2 is 0.740 bits per heavy atom. The van der Waals surface area contributed by atoms with Gasteiger partial charge < -0.3 is 9.80 Å². The molecule has 4 heteroatoms. The van der Waals surface area contributed by atoms with E-state index in [1.807, 2.05) is 0 Å². The van der Waals surface area contributed by atoms with Crippen LogP contribution in [0.5, 0.6) is 0 Å². The first-order chi connectivity index (χ1) is 37.5. The van der Waals surface area contributed by atoms with E-state index in [9.17, 15) is 0 Å². The minimum atomic E-state index is -2.03. The van der Waals surface area contributed by atoms with Crippen LogP contribution in [0.15, 0.2) is 243 Å². The van der Waals surface area contributed by atoms with Crippen LogP contribution in [0.25, 0.3) is 76.8 Å². The molecule has 0 amide bonds. The third-order valence-corrected chi connectivity index (χ3v) is 25.1. The maximum atomic E-state index is 2.55. The summed E-state index contributed by atoms with van der Waals surface area (Å²) >= 11 is 0. The summed E-state index contributed by atoms with van der Waals surface area (Å²) in [5.41, 5.74) is 20.2. The molecule has 368 valence electrons. The van der Waals surface area contributed by atoms with Gasteiger partial charge in [-0.05, 0) is 169 Å². The molecule has 0 unspecified atom stereocenters. The highest BCUT2D eigenvalue weighted by Crippen LogP contribution is 2.52. The molecular formula is C73H58N2Si2. The smallest absolute Gasteiger partial charge is 0.117 e. The van der Waals surface area contributed by atoms with Crippen molar-refractivity contribution in [3.8, 4) is 44.5 Å². The lowest BCUT2D eigenvalue weighted by molar-refractivity contribution is 0.660. The molecule has 12 aromatic carbocycles. The molecular weight excluding hydrogens is 961 g/mol. The molecule has 15 rings (SSSR count). The van der Waals surface area contributed by atoms with Crippen molar-refractivity contribution in [3.05, 3.63) is 254 Å². The molecule has 77 heavy (non-hydrogen) atoms. The number of rotatable bonds is 5. The van der Waals surface area contributed by atoms with Crippen molar-refractivity contribution in [2.45, 2.75) is 45.5 Å². The Hall–Kier alpha value is -8.55. The fourth-order valence-electron chi connectivity index (χ4n) is 14.2. The largest absolute Gasteiger partial charge is 0.311 e. The number of fused-ring (bicyclic) bond motifs is 10. The summed E-state index contributed by atoms with van der Waals surface area (Å²) in [6, 6.07) is 92.7. The lowest BCUT2D eigenvalue weighted by atomic mass is 9.81. The standard InChI is InChI=1S/C73H58N2Si2/c1-73(2)61-28-10-9-26-54(61)55-40-37-49(44-62(55)73)48-23-19-24-50(43-48)71-57-41-38-52(75-65-31-13-17-35-69(65)77(5,6)70-36-18-14-32-66(70)75)46-60(57)72(56-27-20-22-47-21-7-8-25-53(47)56)58-42-39-51(45-59(58)71)74-63-29-11-15-33-67(63)76(3,4)68-34-16-12-30-64(68)74/h7-46H,1-6H3. The van der Waals surface area contributed by atoms with E-state index in [1.54, 1.807) is 0 Å². The van der Waals surface area contributed by atoms with E-state index < -0.39 is 16.1 Å². The molecule has 3 aliphatic rings. The van der Waals surface area contributed by atoms with Gasteiger partial charge in [0.2, 0.25) is 0 Å². The summed E-state index contributed by atoms with van der Waals surface area (Å²) < 4.78 is 0. The molecule has 0 aromatic heterocycles. The van der Waals surface area contributed by atoms with Crippen LogP contribution in [0.4, 0.5) is 34.1 Å². The molecule has 0 saturated heterocycles. The summed E-state index contributed by atoms with van der Waals surface area (Å²) in [7, 11) is -4.05. The quantitative estimate of drug-likeness (QED) is 0.125. The summed E-state index contributed by atoms with van der Waals surface area (Å²) in [5, 5.41) is 13.2. The Labute approximate surface area is 454 Å². The maximum absolute atomic E-state index is 2.55. The molecule has 12 aromatic rings. The van der Waals surface area contributed by atoms with Crippen LogP contribution < -0.4 is 30.5 Å². The summed E-state index contributed by atoms with van der Waals surface area (Å²) in [5.74, 6) is 0. The Kier molecular flexibility index (Phi) is 9.95. The molecule has 0 saturated carbocycles. The second kappa shape index (κ2) is 16.7. The van der Waals surface area contributed by atoms with Gasteiger partial charge in [-0.3, -0.25) is 0 Å². The van der Waals surface area contributed by atoms with Crippen LogP contribution in [0.1, 0.15) is 25.0 Å². The van der Waals surface area contributed by atoms with Gasteiger partial charge in [-0.15, -0.1) is 0 Å². The zero-order valence-electron chi connectivity index (χ0n) is 44.5. The molecule has 0 N–H and O–H groups in total. The van der Waals surface area contributed by atoms with Crippen LogP contribution in [-0.4, -0.2) is 16.1 Å². The Morgan fingerprint density at radius 1 is 0.299 bits per heavy atom. The van der Waals surface area contributed by atoms with Gasteiger partial charge in [0.05, 0.1) is 0 Å². The summed E-state index contributed by atoms with van der Waals surface area (Å²) in [4.78, 5) is 5.10. The topological polar surface area (TPSA) is 6.48 Å². The average molecular weight is 1020 g/mol. The van der Waals surface area contributed by atoms with E-state index in [0.717, 1.165) is 11.4 Å². The summed E-state index contributed by atoms with van der Waals surface area (Å²) in [6.45, 7) is 14.8. The van der Waals surface area contributed by atoms with E-state index in [0.29, 0.717) is 0 Å². The number of para-hydroxylation sites is 4. The highest BCUT2D eigenvalue weighted by molar-refractivity contribution is 7.03. The number of hydrogen-bond acceptors (Lipinski definition) is 2. The highest BCUT2D eigenvalue weighted by atomic mass is 28.3. The zero-order valence-corrected chi connectivity index (χ0v) is 46.5. The molecule has 2 aliphatic heterocycles. The van der Waals surface area contributed by atoms with E-state index in [4.69, 9.17) is 0 Å². The predicted octanol–water partition coefficient (Wildman–Crippen LogP) is 17.7. The Bertz CT molecular complexity index is 4360. The van der Waals surface area contributed by atoms with Gasteiger partial charge in [0.15, 0.2) is 0 Å². The van der Waals surface area contributed by atoms with Gasteiger partial charge in [0.1, 0.15) is 16.1 Å². The van der Waals surface area contributed by atoms with Crippen molar-refractivity contribution < 1.29 is 0 Å². The first-order valence-electron chi connectivity index (χ1n) is 27.3. The van der Waals surface area contributed by atoms with Crippen LogP contribution in [0.2, 0.25) is 26.2 Å². The fourth-order valence-corrected chi connectivity index (χ4v) is 20.1. The average Bonchev–Trinajstić information content (AvgIpc) is 3.74. The number of benzene rings is 12. The van der Waals surface area contributed by atoms with Gasteiger partial charge in [-0.1, -0.05) is 222 Å². The molecule has 0 radical (unpaired) electrons.